The van der Waals surface area contributed by atoms with E-state index in [-0.39, 0.29) is 16.8 Å². The molecule has 1 atom stereocenters. The number of unbranched alkanes of at least 4 members (excludes halogenated alkanes) is 1. The first-order chi connectivity index (χ1) is 18.1. The second-order valence-electron chi connectivity index (χ2n) is 10.6. The Hall–Kier alpha value is -2.10. The summed E-state index contributed by atoms with van der Waals surface area (Å²) in [6, 6.07) is 21.8. The van der Waals surface area contributed by atoms with Gasteiger partial charge in [-0.15, -0.1) is 11.8 Å². The molecule has 4 aromatic rings. The third-order valence-corrected chi connectivity index (χ3v) is 15.2. The highest BCUT2D eigenvalue weighted by Crippen LogP contribution is 2.45. The van der Waals surface area contributed by atoms with E-state index in [1.54, 1.807) is 22.4 Å². The van der Waals surface area contributed by atoms with Crippen LogP contribution in [0.15, 0.2) is 85.7 Å². The summed E-state index contributed by atoms with van der Waals surface area (Å²) in [5, 5.41) is 2.62. The SMILES string of the molecule is CC(C)(CCCC[C@@H]1CSc2c(Br)c(Cl)cc3c(=O)[nH]c(=O)n1c23)[Si](O)(c1ccccc1)c1ccccc1. The van der Waals surface area contributed by atoms with Gasteiger partial charge in [-0.1, -0.05) is 99.0 Å². The molecule has 9 heteroatoms. The van der Waals surface area contributed by atoms with E-state index < -0.39 is 13.9 Å². The van der Waals surface area contributed by atoms with Gasteiger partial charge in [0.25, 0.3) is 13.9 Å². The quantitative estimate of drug-likeness (QED) is 0.190. The van der Waals surface area contributed by atoms with Crippen LogP contribution in [0.3, 0.4) is 0 Å². The summed E-state index contributed by atoms with van der Waals surface area (Å²) in [5.41, 5.74) is -0.129. The number of halogens is 2. The number of hydrogen-bond acceptors (Lipinski definition) is 4. The maximum atomic E-state index is 12.9. The lowest BCUT2D eigenvalue weighted by Gasteiger charge is -2.41. The van der Waals surface area contributed by atoms with Crippen LogP contribution in [0, 0.1) is 0 Å². The van der Waals surface area contributed by atoms with Crippen LogP contribution in [0.1, 0.15) is 45.6 Å². The van der Waals surface area contributed by atoms with E-state index in [0.717, 1.165) is 51.2 Å². The van der Waals surface area contributed by atoms with Crippen molar-refractivity contribution in [3.05, 3.63) is 97.1 Å². The van der Waals surface area contributed by atoms with E-state index in [0.29, 0.717) is 15.9 Å². The largest absolute Gasteiger partial charge is 0.424 e. The lowest BCUT2D eigenvalue weighted by Crippen LogP contribution is -2.65. The second kappa shape index (κ2) is 10.8. The van der Waals surface area contributed by atoms with Gasteiger partial charge in [0.2, 0.25) is 0 Å². The Bertz CT molecular complexity index is 1550. The topological polar surface area (TPSA) is 75.1 Å². The Morgan fingerprint density at radius 1 is 1.08 bits per heavy atom. The molecule has 3 aromatic carbocycles. The summed E-state index contributed by atoms with van der Waals surface area (Å²) >= 11 is 11.5. The zero-order valence-electron chi connectivity index (χ0n) is 21.3. The molecule has 5 nitrogen and oxygen atoms in total. The van der Waals surface area contributed by atoms with E-state index in [1.165, 1.54) is 0 Å². The number of hydrogen-bond donors (Lipinski definition) is 2. The van der Waals surface area contributed by atoms with Crippen LogP contribution in [0.4, 0.5) is 0 Å². The smallest absolute Gasteiger partial charge is 0.329 e. The monoisotopic (exact) mass is 628 g/mol. The Morgan fingerprint density at radius 2 is 1.68 bits per heavy atom. The van der Waals surface area contributed by atoms with E-state index in [4.69, 9.17) is 11.6 Å². The van der Waals surface area contributed by atoms with Gasteiger partial charge in [-0.25, -0.2) is 4.79 Å². The molecule has 0 bridgehead atoms. The summed E-state index contributed by atoms with van der Waals surface area (Å²) in [4.78, 5) is 41.2. The molecule has 0 unspecified atom stereocenters. The first kappa shape index (κ1) is 27.5. The molecule has 5 rings (SSSR count). The summed E-state index contributed by atoms with van der Waals surface area (Å²) < 4.78 is 2.47. The summed E-state index contributed by atoms with van der Waals surface area (Å²) in [7, 11) is -3.05. The Balaban J connectivity index is 1.38. The number of rotatable bonds is 8. The molecule has 1 aromatic heterocycles. The Labute approximate surface area is 240 Å². The lowest BCUT2D eigenvalue weighted by molar-refractivity contribution is 0.425. The number of H-pyrrole nitrogens is 1. The zero-order chi connectivity index (χ0) is 27.1. The maximum absolute atomic E-state index is 12.9. The van der Waals surface area contributed by atoms with Crippen molar-refractivity contribution in [3.63, 3.8) is 0 Å². The molecule has 38 heavy (non-hydrogen) atoms. The van der Waals surface area contributed by atoms with Gasteiger partial charge < -0.3 is 4.80 Å². The van der Waals surface area contributed by atoms with Crippen molar-refractivity contribution in [2.75, 3.05) is 5.75 Å². The first-order valence-electron chi connectivity index (χ1n) is 12.8. The number of aromatic nitrogens is 2. The Morgan fingerprint density at radius 3 is 2.29 bits per heavy atom. The van der Waals surface area contributed by atoms with Crippen molar-refractivity contribution < 1.29 is 4.80 Å². The molecule has 0 fully saturated rings. The highest BCUT2D eigenvalue weighted by Gasteiger charge is 2.49. The van der Waals surface area contributed by atoms with Gasteiger partial charge in [0.05, 0.1) is 20.4 Å². The lowest BCUT2D eigenvalue weighted by atomic mass is 10.0. The van der Waals surface area contributed by atoms with Gasteiger partial charge in [0.1, 0.15) is 0 Å². The van der Waals surface area contributed by atoms with E-state index >= 15 is 0 Å². The van der Waals surface area contributed by atoms with Crippen LogP contribution < -0.4 is 21.6 Å². The van der Waals surface area contributed by atoms with Gasteiger partial charge in [-0.05, 0) is 50.2 Å². The molecular formula is C29H30BrClN2O3SSi. The molecule has 0 saturated carbocycles. The predicted octanol–water partition coefficient (Wildman–Crippen LogP) is 5.85. The number of nitrogens with one attached hydrogen (secondary N) is 1. The third-order valence-electron chi connectivity index (χ3n) is 7.81. The average molecular weight is 630 g/mol. The number of aromatic amines is 1. The van der Waals surface area contributed by atoms with Crippen LogP contribution in [0.2, 0.25) is 10.1 Å². The fourth-order valence-corrected chi connectivity index (χ4v) is 11.7. The van der Waals surface area contributed by atoms with Crippen LogP contribution in [0.5, 0.6) is 0 Å². The van der Waals surface area contributed by atoms with Gasteiger partial charge in [-0.3, -0.25) is 14.3 Å². The average Bonchev–Trinajstić information content (AvgIpc) is 2.92. The molecule has 198 valence electrons. The normalized spacial score (nSPS) is 15.7. The molecule has 0 radical (unpaired) electrons. The van der Waals surface area contributed by atoms with Crippen molar-refractivity contribution in [2.45, 2.75) is 55.5 Å². The van der Waals surface area contributed by atoms with Crippen LogP contribution >= 0.6 is 39.3 Å². The standard InChI is InChI=1S/C29H30BrClN2O3SSi/c1-29(2,38(36,20-12-5-3-6-13-20)21-14-7-4-8-15-21)16-10-9-11-19-18-37-26-24(30)23(31)17-22-25(26)33(19)28(35)32-27(22)34/h3-8,12-15,17,19,36H,9-11,16,18H2,1-2H3,(H,32,34,35)/t19-/m1/s1. The highest BCUT2D eigenvalue weighted by molar-refractivity contribution is 9.10. The number of nitrogens with zero attached hydrogens (tertiary/aromatic N) is 1. The minimum Gasteiger partial charge on any atom is -0.424 e. The van der Waals surface area contributed by atoms with Crippen molar-refractivity contribution in [1.82, 2.24) is 9.55 Å². The molecule has 0 aliphatic carbocycles. The summed E-state index contributed by atoms with van der Waals surface area (Å²) in [6.07, 6.45) is 3.48. The highest BCUT2D eigenvalue weighted by atomic mass is 79.9. The molecule has 1 aliphatic rings. The molecular weight excluding hydrogens is 600 g/mol. The van der Waals surface area contributed by atoms with Crippen molar-refractivity contribution in [2.24, 2.45) is 0 Å². The van der Waals surface area contributed by atoms with Crippen LogP contribution in [-0.4, -0.2) is 28.4 Å². The minimum atomic E-state index is -3.05. The van der Waals surface area contributed by atoms with Gasteiger partial charge in [-0.2, -0.15) is 0 Å². The third kappa shape index (κ3) is 4.75. The van der Waals surface area contributed by atoms with Crippen molar-refractivity contribution in [3.8, 4) is 0 Å². The zero-order valence-corrected chi connectivity index (χ0v) is 25.5. The number of benzene rings is 3. The minimum absolute atomic E-state index is 0.0325. The van der Waals surface area contributed by atoms with Crippen molar-refractivity contribution >= 4 is 68.9 Å². The molecule has 0 amide bonds. The maximum Gasteiger partial charge on any atom is 0.329 e. The van der Waals surface area contributed by atoms with Crippen LogP contribution in [-0.2, 0) is 0 Å². The first-order valence-corrected chi connectivity index (χ1v) is 16.9. The summed E-state index contributed by atoms with van der Waals surface area (Å²) in [6.45, 7) is 4.37. The summed E-state index contributed by atoms with van der Waals surface area (Å²) in [5.74, 6) is 0.725. The van der Waals surface area contributed by atoms with Crippen LogP contribution in [0.25, 0.3) is 10.9 Å². The van der Waals surface area contributed by atoms with Gasteiger partial charge in [0.15, 0.2) is 0 Å². The van der Waals surface area contributed by atoms with E-state index in [2.05, 4.69) is 59.0 Å². The molecule has 1 aliphatic heterocycles. The van der Waals surface area contributed by atoms with E-state index in [9.17, 15) is 14.4 Å². The predicted molar refractivity (Wildman–Crippen MR) is 164 cm³/mol. The molecule has 0 spiro atoms. The van der Waals surface area contributed by atoms with Gasteiger partial charge in [0, 0.05) is 16.7 Å². The fourth-order valence-electron chi connectivity index (χ4n) is 5.71. The second-order valence-corrected chi connectivity index (χ2v) is 16.7. The fraction of sp³-hybridized carbons (Fsp3) is 0.310. The molecule has 2 N–H and O–H groups in total. The molecule has 0 saturated heterocycles. The van der Waals surface area contributed by atoms with E-state index in [1.807, 2.05) is 36.4 Å². The Kier molecular flexibility index (Phi) is 7.81. The van der Waals surface area contributed by atoms with Gasteiger partial charge >= 0.3 is 5.69 Å². The number of thioether (sulfide) groups is 1. The van der Waals surface area contributed by atoms with Crippen molar-refractivity contribution in [1.29, 1.82) is 0 Å². The molecule has 2 heterocycles.